The topological polar surface area (TPSA) is 9.23 Å². The van der Waals surface area contributed by atoms with Gasteiger partial charge in [-0.2, -0.15) is 0 Å². The Hall–Kier alpha value is 0.137. The van der Waals surface area contributed by atoms with E-state index in [1.807, 2.05) is 0 Å². The highest BCUT2D eigenvalue weighted by Gasteiger charge is 2.15. The van der Waals surface area contributed by atoms with Gasteiger partial charge in [-0.05, 0) is 26.6 Å². The lowest BCUT2D eigenvalue weighted by Gasteiger charge is -2.28. The van der Waals surface area contributed by atoms with Gasteiger partial charge in [0.25, 0.3) is 0 Å². The Morgan fingerprint density at radius 2 is 1.69 bits per heavy atom. The van der Waals surface area contributed by atoms with Crippen molar-refractivity contribution in [2.45, 2.75) is 33.0 Å². The van der Waals surface area contributed by atoms with E-state index in [2.05, 4.69) is 40.7 Å². The van der Waals surface area contributed by atoms with E-state index in [-0.39, 0.29) is 0 Å². The second kappa shape index (κ2) is 5.13. The van der Waals surface area contributed by atoms with Crippen LogP contribution in [-0.4, -0.2) is 46.6 Å². The highest BCUT2D eigenvalue weighted by Crippen LogP contribution is 2.04. The van der Waals surface area contributed by atoms with E-state index in [4.69, 9.17) is 4.43 Å². The molecule has 0 saturated heterocycles. The third kappa shape index (κ3) is 8.47. The third-order valence-corrected chi connectivity index (χ3v) is 3.37. The summed E-state index contributed by atoms with van der Waals surface area (Å²) in [7, 11) is 3.27. The van der Waals surface area contributed by atoms with Gasteiger partial charge in [-0.15, -0.1) is 0 Å². The average Bonchev–Trinajstić information content (AvgIpc) is 1.97. The zero-order valence-electron chi connectivity index (χ0n) is 10.2. The van der Waals surface area contributed by atoms with Gasteiger partial charge >= 0.3 is 0 Å². The fourth-order valence-electron chi connectivity index (χ4n) is 1.03. The molecule has 0 radical (unpaired) electrons. The SMILES string of the molecule is CC[N+](C)(C)CCCO[Si](C)(C)C. The Kier molecular flexibility index (Phi) is 5.18. The van der Waals surface area contributed by atoms with Gasteiger partial charge in [-0.25, -0.2) is 0 Å². The van der Waals surface area contributed by atoms with Crippen molar-refractivity contribution < 1.29 is 8.91 Å². The van der Waals surface area contributed by atoms with Gasteiger partial charge in [0.05, 0.1) is 27.2 Å². The predicted octanol–water partition coefficient (Wildman–Crippen LogP) is 2.32. The zero-order valence-corrected chi connectivity index (χ0v) is 11.2. The summed E-state index contributed by atoms with van der Waals surface area (Å²) < 4.78 is 6.90. The molecule has 0 fully saturated rings. The highest BCUT2D eigenvalue weighted by molar-refractivity contribution is 6.69. The van der Waals surface area contributed by atoms with Crippen LogP contribution >= 0.6 is 0 Å². The molecule has 0 amide bonds. The number of nitrogens with zero attached hydrogens (tertiary/aromatic N) is 1. The molecule has 0 aliphatic rings. The second-order valence-corrected chi connectivity index (χ2v) is 9.80. The van der Waals surface area contributed by atoms with Crippen molar-refractivity contribution in [2.24, 2.45) is 0 Å². The Morgan fingerprint density at radius 1 is 1.15 bits per heavy atom. The largest absolute Gasteiger partial charge is 0.417 e. The van der Waals surface area contributed by atoms with E-state index in [0.29, 0.717) is 0 Å². The van der Waals surface area contributed by atoms with Gasteiger partial charge in [-0.3, -0.25) is 0 Å². The molecule has 0 bridgehead atoms. The molecule has 0 atom stereocenters. The fourth-order valence-corrected chi connectivity index (χ4v) is 1.79. The molecule has 0 unspecified atom stereocenters. The van der Waals surface area contributed by atoms with Crippen molar-refractivity contribution in [1.29, 1.82) is 0 Å². The summed E-state index contributed by atoms with van der Waals surface area (Å²) >= 11 is 0. The summed E-state index contributed by atoms with van der Waals surface area (Å²) in [6, 6.07) is 0. The second-order valence-electron chi connectivity index (χ2n) is 5.29. The molecule has 13 heavy (non-hydrogen) atoms. The lowest BCUT2D eigenvalue weighted by atomic mass is 10.3. The molecule has 0 aliphatic heterocycles. The van der Waals surface area contributed by atoms with E-state index in [9.17, 15) is 0 Å². The summed E-state index contributed by atoms with van der Waals surface area (Å²) in [5.41, 5.74) is 0. The smallest absolute Gasteiger partial charge is 0.183 e. The molecule has 0 aliphatic carbocycles. The molecule has 0 rings (SSSR count). The first-order chi connectivity index (χ1) is 5.77. The lowest BCUT2D eigenvalue weighted by Crippen LogP contribution is -2.40. The molecule has 3 heteroatoms. The van der Waals surface area contributed by atoms with Gasteiger partial charge in [0, 0.05) is 13.0 Å². The molecular weight excluding hydrogens is 178 g/mol. The molecule has 0 spiro atoms. The Balaban J connectivity index is 3.47. The van der Waals surface area contributed by atoms with Crippen molar-refractivity contribution in [2.75, 3.05) is 33.8 Å². The first-order valence-electron chi connectivity index (χ1n) is 5.23. The maximum absolute atomic E-state index is 5.80. The number of rotatable bonds is 6. The Morgan fingerprint density at radius 3 is 2.08 bits per heavy atom. The molecule has 0 heterocycles. The predicted molar refractivity (Wildman–Crippen MR) is 61.4 cm³/mol. The maximum atomic E-state index is 5.80. The van der Waals surface area contributed by atoms with Crippen LogP contribution in [0.3, 0.4) is 0 Å². The Labute approximate surface area is 84.6 Å². The average molecular weight is 204 g/mol. The third-order valence-electron chi connectivity index (χ3n) is 2.30. The van der Waals surface area contributed by atoms with Crippen molar-refractivity contribution in [3.8, 4) is 0 Å². The number of quaternary nitrogens is 1. The van der Waals surface area contributed by atoms with Crippen molar-refractivity contribution in [1.82, 2.24) is 0 Å². The normalized spacial score (nSPS) is 13.4. The summed E-state index contributed by atoms with van der Waals surface area (Å²) in [5.74, 6) is 0. The molecule has 0 aromatic carbocycles. The minimum Gasteiger partial charge on any atom is -0.417 e. The monoisotopic (exact) mass is 204 g/mol. The van der Waals surface area contributed by atoms with Crippen LogP contribution in [0.15, 0.2) is 0 Å². The molecule has 0 aromatic heterocycles. The van der Waals surface area contributed by atoms with E-state index < -0.39 is 8.32 Å². The summed E-state index contributed by atoms with van der Waals surface area (Å²) in [6.45, 7) is 12.3. The highest BCUT2D eigenvalue weighted by atomic mass is 28.4. The van der Waals surface area contributed by atoms with Gasteiger partial charge in [0.1, 0.15) is 0 Å². The van der Waals surface area contributed by atoms with Gasteiger partial charge < -0.3 is 8.91 Å². The molecule has 0 saturated carbocycles. The summed E-state index contributed by atoms with van der Waals surface area (Å²) in [5, 5.41) is 0. The lowest BCUT2D eigenvalue weighted by molar-refractivity contribution is -0.888. The van der Waals surface area contributed by atoms with Gasteiger partial charge in [-0.1, -0.05) is 0 Å². The molecule has 0 N–H and O–H groups in total. The van der Waals surface area contributed by atoms with E-state index in [1.165, 1.54) is 19.5 Å². The standard InChI is InChI=1S/C10H26NOSi/c1-7-11(2,3)9-8-10-12-13(4,5)6/h7-10H2,1-6H3/q+1. The van der Waals surface area contributed by atoms with Crippen LogP contribution in [0, 0.1) is 0 Å². The molecule has 2 nitrogen and oxygen atoms in total. The van der Waals surface area contributed by atoms with Crippen LogP contribution in [0.25, 0.3) is 0 Å². The fraction of sp³-hybridized carbons (Fsp3) is 1.00. The van der Waals surface area contributed by atoms with Crippen LogP contribution in [-0.2, 0) is 4.43 Å². The minimum atomic E-state index is -1.27. The summed E-state index contributed by atoms with van der Waals surface area (Å²) in [6.07, 6.45) is 1.19. The van der Waals surface area contributed by atoms with Gasteiger partial charge in [0.15, 0.2) is 8.32 Å². The van der Waals surface area contributed by atoms with Gasteiger partial charge in [0.2, 0.25) is 0 Å². The maximum Gasteiger partial charge on any atom is 0.183 e. The van der Waals surface area contributed by atoms with Crippen LogP contribution in [0.5, 0.6) is 0 Å². The zero-order chi connectivity index (χ0) is 10.5. The minimum absolute atomic E-state index is 0.942. The molecule has 80 valence electrons. The molecule has 0 aromatic rings. The van der Waals surface area contributed by atoms with Crippen LogP contribution in [0.1, 0.15) is 13.3 Å². The van der Waals surface area contributed by atoms with Crippen molar-refractivity contribution in [3.05, 3.63) is 0 Å². The Bertz CT molecular complexity index is 140. The van der Waals surface area contributed by atoms with E-state index >= 15 is 0 Å². The van der Waals surface area contributed by atoms with Crippen LogP contribution in [0.2, 0.25) is 19.6 Å². The van der Waals surface area contributed by atoms with Crippen molar-refractivity contribution >= 4 is 8.32 Å². The summed E-state index contributed by atoms with van der Waals surface area (Å²) in [4.78, 5) is 0. The molecular formula is C10H26NOSi+. The number of hydrogen-bond donors (Lipinski definition) is 0. The van der Waals surface area contributed by atoms with Crippen LogP contribution < -0.4 is 0 Å². The first-order valence-corrected chi connectivity index (χ1v) is 8.64. The van der Waals surface area contributed by atoms with Crippen LogP contribution in [0.4, 0.5) is 0 Å². The quantitative estimate of drug-likeness (QED) is 0.366. The number of hydrogen-bond acceptors (Lipinski definition) is 1. The first kappa shape index (κ1) is 13.1. The van der Waals surface area contributed by atoms with E-state index in [1.54, 1.807) is 0 Å². The van der Waals surface area contributed by atoms with Crippen molar-refractivity contribution in [3.63, 3.8) is 0 Å². The van der Waals surface area contributed by atoms with E-state index in [0.717, 1.165) is 11.1 Å².